The van der Waals surface area contributed by atoms with Crippen molar-refractivity contribution in [2.45, 2.75) is 67.0 Å². The molecule has 6 rings (SSSR count). The fraction of sp³-hybridized carbons (Fsp3) is 0.343. The Morgan fingerprint density at radius 1 is 1.02 bits per heavy atom. The van der Waals surface area contributed by atoms with Gasteiger partial charge in [0.25, 0.3) is 5.91 Å². The lowest BCUT2D eigenvalue weighted by Crippen LogP contribution is -2.41. The molecule has 0 aliphatic carbocycles. The van der Waals surface area contributed by atoms with Crippen molar-refractivity contribution in [3.8, 4) is 16.1 Å². The van der Waals surface area contributed by atoms with Crippen molar-refractivity contribution in [2.75, 3.05) is 7.11 Å². The number of aromatic nitrogens is 3. The standard InChI is InChI=1S/C35H37N5O4S/c1-18-19(2)45-34-30(18)31(37-26(17-29(41)43-8)32-39-38-21(4)40(32)34)23-11-9-22(10-12-23)24-13-14-25-16-28(44-27(25)15-24)33(42)36-20(3)35(5,6)7/h9-16,20,26H,17H2,1-8H3,(H,36,42). The SMILES string of the molecule is COC(=O)CC1N=C(c2ccc(-c3ccc4cc(C(=O)NC(C)C(C)(C)C)oc4c3)cc2)c2c(sc(C)c2C)-n2c(C)nnc21. The predicted octanol–water partition coefficient (Wildman–Crippen LogP) is 7.29. The number of rotatable bonds is 6. The molecule has 0 fully saturated rings. The van der Waals surface area contributed by atoms with E-state index in [4.69, 9.17) is 14.1 Å². The van der Waals surface area contributed by atoms with Crippen LogP contribution >= 0.6 is 11.3 Å². The molecule has 232 valence electrons. The zero-order valence-corrected chi connectivity index (χ0v) is 27.6. The van der Waals surface area contributed by atoms with E-state index in [0.717, 1.165) is 49.7 Å². The first kappa shape index (κ1) is 30.5. The molecule has 4 heterocycles. The van der Waals surface area contributed by atoms with Gasteiger partial charge >= 0.3 is 5.97 Å². The third kappa shape index (κ3) is 5.59. The van der Waals surface area contributed by atoms with Crippen LogP contribution in [0.5, 0.6) is 0 Å². The largest absolute Gasteiger partial charge is 0.469 e. The van der Waals surface area contributed by atoms with Crippen LogP contribution < -0.4 is 5.32 Å². The molecule has 1 aliphatic rings. The molecule has 2 atom stereocenters. The molecule has 9 nitrogen and oxygen atoms in total. The number of carbonyl (C=O) groups excluding carboxylic acids is 2. The van der Waals surface area contributed by atoms with Gasteiger partial charge < -0.3 is 14.5 Å². The highest BCUT2D eigenvalue weighted by atomic mass is 32.1. The second-order valence-electron chi connectivity index (χ2n) is 12.7. The molecule has 0 spiro atoms. The van der Waals surface area contributed by atoms with Gasteiger partial charge in [0.2, 0.25) is 0 Å². The minimum Gasteiger partial charge on any atom is -0.469 e. The Labute approximate surface area is 266 Å². The zero-order valence-electron chi connectivity index (χ0n) is 26.8. The molecule has 45 heavy (non-hydrogen) atoms. The van der Waals surface area contributed by atoms with Gasteiger partial charge in [-0.3, -0.25) is 19.1 Å². The topological polar surface area (TPSA) is 112 Å². The maximum atomic E-state index is 12.9. The van der Waals surface area contributed by atoms with Gasteiger partial charge in [-0.1, -0.05) is 57.2 Å². The summed E-state index contributed by atoms with van der Waals surface area (Å²) in [6, 6.07) is 15.4. The fourth-order valence-corrected chi connectivity index (χ4v) is 6.61. The van der Waals surface area contributed by atoms with E-state index in [2.05, 4.69) is 74.4 Å². The van der Waals surface area contributed by atoms with Gasteiger partial charge in [-0.25, -0.2) is 0 Å². The molecule has 0 saturated carbocycles. The highest BCUT2D eigenvalue weighted by Crippen LogP contribution is 2.40. The number of nitrogens with zero attached hydrogens (tertiary/aromatic N) is 4. The molecule has 1 amide bonds. The number of ether oxygens (including phenoxy) is 1. The van der Waals surface area contributed by atoms with E-state index in [1.807, 2.05) is 36.6 Å². The molecule has 2 unspecified atom stereocenters. The van der Waals surface area contributed by atoms with Crippen LogP contribution in [0.15, 0.2) is 57.9 Å². The summed E-state index contributed by atoms with van der Waals surface area (Å²) < 4.78 is 13.0. The number of methoxy groups -OCH3 is 1. The quantitative estimate of drug-likeness (QED) is 0.199. The first-order valence-electron chi connectivity index (χ1n) is 15.0. The smallest absolute Gasteiger partial charge is 0.308 e. The Morgan fingerprint density at radius 2 is 1.71 bits per heavy atom. The van der Waals surface area contributed by atoms with Crippen molar-refractivity contribution in [1.29, 1.82) is 0 Å². The number of amides is 1. The second-order valence-corrected chi connectivity index (χ2v) is 13.9. The van der Waals surface area contributed by atoms with Gasteiger partial charge in [0.15, 0.2) is 11.6 Å². The first-order valence-corrected chi connectivity index (χ1v) is 15.8. The van der Waals surface area contributed by atoms with Crippen LogP contribution in [-0.4, -0.2) is 45.5 Å². The Kier molecular flexibility index (Phi) is 7.72. The zero-order chi connectivity index (χ0) is 32.2. The Morgan fingerprint density at radius 3 is 2.40 bits per heavy atom. The summed E-state index contributed by atoms with van der Waals surface area (Å²) in [5, 5.41) is 13.7. The van der Waals surface area contributed by atoms with Gasteiger partial charge in [-0.05, 0) is 61.9 Å². The fourth-order valence-electron chi connectivity index (χ4n) is 5.39. The lowest BCUT2D eigenvalue weighted by molar-refractivity contribution is -0.141. The molecule has 0 bridgehead atoms. The number of furan rings is 1. The van der Waals surface area contributed by atoms with E-state index in [9.17, 15) is 9.59 Å². The first-order chi connectivity index (χ1) is 21.3. The number of esters is 1. The average molecular weight is 624 g/mol. The number of thiophene rings is 1. The van der Waals surface area contributed by atoms with E-state index >= 15 is 0 Å². The Bertz CT molecular complexity index is 1970. The highest BCUT2D eigenvalue weighted by Gasteiger charge is 2.32. The highest BCUT2D eigenvalue weighted by molar-refractivity contribution is 7.15. The van der Waals surface area contributed by atoms with Gasteiger partial charge in [-0.2, -0.15) is 0 Å². The van der Waals surface area contributed by atoms with Crippen LogP contribution in [0.4, 0.5) is 0 Å². The number of hydrogen-bond donors (Lipinski definition) is 1. The Hall–Kier alpha value is -4.57. The van der Waals surface area contributed by atoms with Crippen molar-refractivity contribution >= 4 is 39.9 Å². The van der Waals surface area contributed by atoms with Crippen molar-refractivity contribution in [1.82, 2.24) is 20.1 Å². The van der Waals surface area contributed by atoms with E-state index in [1.165, 1.54) is 12.0 Å². The van der Waals surface area contributed by atoms with E-state index < -0.39 is 6.04 Å². The van der Waals surface area contributed by atoms with Gasteiger partial charge in [0, 0.05) is 27.4 Å². The monoisotopic (exact) mass is 623 g/mol. The van der Waals surface area contributed by atoms with Crippen LogP contribution in [0.2, 0.25) is 0 Å². The molecule has 10 heteroatoms. The van der Waals surface area contributed by atoms with Crippen LogP contribution in [0.3, 0.4) is 0 Å². The maximum absolute atomic E-state index is 12.9. The molecular formula is C35H37N5O4S. The molecule has 3 aromatic heterocycles. The molecular weight excluding hydrogens is 586 g/mol. The predicted molar refractivity (Wildman–Crippen MR) is 176 cm³/mol. The minimum atomic E-state index is -0.549. The Balaban J connectivity index is 1.35. The minimum absolute atomic E-state index is 0.0131. The molecule has 1 N–H and O–H groups in total. The number of aliphatic imine (C=N–C) groups is 1. The maximum Gasteiger partial charge on any atom is 0.308 e. The number of nitrogens with one attached hydrogen (secondary N) is 1. The summed E-state index contributed by atoms with van der Waals surface area (Å²) in [4.78, 5) is 31.6. The van der Waals surface area contributed by atoms with Crippen molar-refractivity contribution in [2.24, 2.45) is 10.4 Å². The van der Waals surface area contributed by atoms with Crippen LogP contribution in [0, 0.1) is 26.2 Å². The molecule has 5 aromatic rings. The number of fused-ring (bicyclic) bond motifs is 4. The van der Waals surface area contributed by atoms with Crippen LogP contribution in [0.25, 0.3) is 27.1 Å². The van der Waals surface area contributed by atoms with Crippen LogP contribution in [0.1, 0.15) is 83.9 Å². The van der Waals surface area contributed by atoms with Crippen molar-refractivity contribution in [3.05, 3.63) is 87.5 Å². The van der Waals surface area contributed by atoms with Crippen LogP contribution in [-0.2, 0) is 9.53 Å². The van der Waals surface area contributed by atoms with Crippen molar-refractivity contribution in [3.63, 3.8) is 0 Å². The van der Waals surface area contributed by atoms with Gasteiger partial charge in [-0.15, -0.1) is 21.5 Å². The molecule has 1 aliphatic heterocycles. The summed E-state index contributed by atoms with van der Waals surface area (Å²) in [6.07, 6.45) is 0.0570. The number of benzene rings is 2. The molecule has 0 saturated heterocycles. The summed E-state index contributed by atoms with van der Waals surface area (Å²) in [5.74, 6) is 1.08. The summed E-state index contributed by atoms with van der Waals surface area (Å²) in [6.45, 7) is 14.4. The van der Waals surface area contributed by atoms with E-state index in [0.29, 0.717) is 17.2 Å². The third-order valence-electron chi connectivity index (χ3n) is 8.71. The third-order valence-corrected chi connectivity index (χ3v) is 9.90. The molecule has 0 radical (unpaired) electrons. The summed E-state index contributed by atoms with van der Waals surface area (Å²) >= 11 is 1.67. The van der Waals surface area contributed by atoms with Gasteiger partial charge in [0.1, 0.15) is 22.5 Å². The second kappa shape index (κ2) is 11.4. The molecule has 2 aromatic carbocycles. The summed E-state index contributed by atoms with van der Waals surface area (Å²) in [5.41, 5.74) is 6.44. The average Bonchev–Trinajstić information content (AvgIpc) is 3.66. The van der Waals surface area contributed by atoms with Crippen molar-refractivity contribution < 1.29 is 18.7 Å². The lowest BCUT2D eigenvalue weighted by Gasteiger charge is -2.27. The lowest BCUT2D eigenvalue weighted by atomic mass is 9.88. The number of carbonyl (C=O) groups is 2. The van der Waals surface area contributed by atoms with E-state index in [-0.39, 0.29) is 29.8 Å². The number of aryl methyl sites for hydroxylation is 2. The summed E-state index contributed by atoms with van der Waals surface area (Å²) in [7, 11) is 1.38. The van der Waals surface area contributed by atoms with Gasteiger partial charge in [0.05, 0.1) is 19.2 Å². The van der Waals surface area contributed by atoms with E-state index in [1.54, 1.807) is 17.4 Å². The normalized spacial score (nSPS) is 15.2. The number of hydrogen-bond acceptors (Lipinski definition) is 8.